The first-order chi connectivity index (χ1) is 7.63. The van der Waals surface area contributed by atoms with Crippen LogP contribution in [0.2, 0.25) is 0 Å². The minimum absolute atomic E-state index is 0.118. The first-order valence-corrected chi connectivity index (χ1v) is 7.00. The Morgan fingerprint density at radius 3 is 2.69 bits per heavy atom. The molecule has 0 saturated carbocycles. The second-order valence-corrected chi connectivity index (χ2v) is 6.53. The van der Waals surface area contributed by atoms with Gasteiger partial charge in [-0.05, 0) is 45.0 Å². The number of aromatic nitrogens is 3. The number of thiophene rings is 1. The van der Waals surface area contributed by atoms with E-state index in [0.717, 1.165) is 14.0 Å². The summed E-state index contributed by atoms with van der Waals surface area (Å²) in [6.45, 7) is 0. The fourth-order valence-electron chi connectivity index (χ4n) is 1.50. The van der Waals surface area contributed by atoms with Crippen LogP contribution in [0.5, 0.6) is 0 Å². The van der Waals surface area contributed by atoms with Crippen molar-refractivity contribution in [3.05, 3.63) is 31.1 Å². The lowest BCUT2D eigenvalue weighted by atomic mass is 10.2. The first-order valence-electron chi connectivity index (χ1n) is 4.60. The number of nitrogens with zero attached hydrogens (tertiary/aromatic N) is 3. The molecule has 2 heterocycles. The second kappa shape index (κ2) is 4.95. The van der Waals surface area contributed by atoms with Crippen LogP contribution in [0.4, 0.5) is 0 Å². The third kappa shape index (κ3) is 2.22. The SMILES string of the molecule is CNC(c1cc(Br)c(Br)s1)c1cnnn1C. The van der Waals surface area contributed by atoms with Gasteiger partial charge >= 0.3 is 0 Å². The predicted molar refractivity (Wildman–Crippen MR) is 71.6 cm³/mol. The zero-order valence-electron chi connectivity index (χ0n) is 8.74. The summed E-state index contributed by atoms with van der Waals surface area (Å²) < 4.78 is 3.95. The number of nitrogens with one attached hydrogen (secondary N) is 1. The van der Waals surface area contributed by atoms with Crippen molar-refractivity contribution in [1.82, 2.24) is 20.3 Å². The third-order valence-electron chi connectivity index (χ3n) is 2.28. The van der Waals surface area contributed by atoms with Crippen molar-refractivity contribution in [3.8, 4) is 0 Å². The topological polar surface area (TPSA) is 42.7 Å². The van der Waals surface area contributed by atoms with E-state index in [4.69, 9.17) is 0 Å². The van der Waals surface area contributed by atoms with Gasteiger partial charge in [-0.1, -0.05) is 5.21 Å². The minimum Gasteiger partial charge on any atom is -0.307 e. The predicted octanol–water partition coefficient (Wildman–Crippen LogP) is 2.71. The number of rotatable bonds is 3. The Labute approximate surface area is 114 Å². The fourth-order valence-corrected chi connectivity index (χ4v) is 3.71. The lowest BCUT2D eigenvalue weighted by Gasteiger charge is -2.13. The number of hydrogen-bond acceptors (Lipinski definition) is 4. The Kier molecular flexibility index (Phi) is 3.78. The largest absolute Gasteiger partial charge is 0.307 e. The Morgan fingerprint density at radius 1 is 1.50 bits per heavy atom. The number of aryl methyl sites for hydroxylation is 1. The molecule has 1 unspecified atom stereocenters. The molecule has 2 aromatic rings. The van der Waals surface area contributed by atoms with Crippen LogP contribution < -0.4 is 5.32 Å². The molecule has 0 aromatic carbocycles. The van der Waals surface area contributed by atoms with Gasteiger partial charge in [-0.2, -0.15) is 0 Å². The maximum atomic E-state index is 3.95. The van der Waals surface area contributed by atoms with Crippen LogP contribution in [0.15, 0.2) is 20.5 Å². The van der Waals surface area contributed by atoms with Crippen molar-refractivity contribution in [1.29, 1.82) is 0 Å². The van der Waals surface area contributed by atoms with Crippen molar-refractivity contribution in [3.63, 3.8) is 0 Å². The number of halogens is 2. The molecule has 0 aliphatic carbocycles. The fraction of sp³-hybridized carbons (Fsp3) is 0.333. The van der Waals surface area contributed by atoms with Crippen LogP contribution in [-0.2, 0) is 7.05 Å². The van der Waals surface area contributed by atoms with E-state index >= 15 is 0 Å². The Morgan fingerprint density at radius 2 is 2.25 bits per heavy atom. The molecule has 0 saturated heterocycles. The molecular formula is C9H10Br2N4S. The molecule has 0 aliphatic heterocycles. The average molecular weight is 366 g/mol. The average Bonchev–Trinajstić information content (AvgIpc) is 2.78. The van der Waals surface area contributed by atoms with Crippen molar-refractivity contribution in [2.45, 2.75) is 6.04 Å². The minimum atomic E-state index is 0.118. The highest BCUT2D eigenvalue weighted by Crippen LogP contribution is 2.37. The zero-order chi connectivity index (χ0) is 11.7. The van der Waals surface area contributed by atoms with Gasteiger partial charge in [0.2, 0.25) is 0 Å². The lowest BCUT2D eigenvalue weighted by molar-refractivity contribution is 0.604. The highest BCUT2D eigenvalue weighted by atomic mass is 79.9. The maximum Gasteiger partial charge on any atom is 0.0856 e. The van der Waals surface area contributed by atoms with E-state index in [1.54, 1.807) is 22.2 Å². The first kappa shape index (κ1) is 12.2. The monoisotopic (exact) mass is 364 g/mol. The molecule has 86 valence electrons. The molecule has 2 aromatic heterocycles. The van der Waals surface area contributed by atoms with Crippen LogP contribution in [0, 0.1) is 0 Å². The Bertz CT molecular complexity index is 474. The molecule has 4 nitrogen and oxygen atoms in total. The van der Waals surface area contributed by atoms with E-state index in [1.807, 2.05) is 14.1 Å². The second-order valence-electron chi connectivity index (χ2n) is 3.27. The van der Waals surface area contributed by atoms with Gasteiger partial charge in [0.15, 0.2) is 0 Å². The summed E-state index contributed by atoms with van der Waals surface area (Å²) in [6, 6.07) is 2.22. The highest BCUT2D eigenvalue weighted by Gasteiger charge is 2.19. The molecule has 0 radical (unpaired) electrons. The van der Waals surface area contributed by atoms with Crippen molar-refractivity contribution in [2.24, 2.45) is 7.05 Å². The molecule has 0 amide bonds. The molecule has 1 N–H and O–H groups in total. The van der Waals surface area contributed by atoms with E-state index in [-0.39, 0.29) is 6.04 Å². The van der Waals surface area contributed by atoms with Gasteiger partial charge < -0.3 is 5.32 Å². The standard InChI is InChI=1S/C9H10Br2N4S/c1-12-8(6-4-13-14-15(6)2)7-3-5(10)9(11)16-7/h3-4,8,12H,1-2H3. The Hall–Kier alpha value is -0.240. The summed E-state index contributed by atoms with van der Waals surface area (Å²) in [5.41, 5.74) is 1.05. The van der Waals surface area contributed by atoms with E-state index in [0.29, 0.717) is 0 Å². The van der Waals surface area contributed by atoms with Crippen molar-refractivity contribution >= 4 is 43.2 Å². The summed E-state index contributed by atoms with van der Waals surface area (Å²) in [5.74, 6) is 0. The quantitative estimate of drug-likeness (QED) is 0.909. The van der Waals surface area contributed by atoms with Gasteiger partial charge in [0.1, 0.15) is 0 Å². The van der Waals surface area contributed by atoms with E-state index in [1.165, 1.54) is 4.88 Å². The maximum absolute atomic E-state index is 3.95. The van der Waals surface area contributed by atoms with Gasteiger partial charge in [0.25, 0.3) is 0 Å². The summed E-state index contributed by atoms with van der Waals surface area (Å²) >= 11 is 8.69. The van der Waals surface area contributed by atoms with E-state index in [9.17, 15) is 0 Å². The summed E-state index contributed by atoms with van der Waals surface area (Å²) in [7, 11) is 3.82. The number of hydrogen-bond donors (Lipinski definition) is 1. The molecular weight excluding hydrogens is 356 g/mol. The van der Waals surface area contributed by atoms with Gasteiger partial charge in [-0.15, -0.1) is 16.4 Å². The van der Waals surface area contributed by atoms with Gasteiger partial charge in [0.05, 0.1) is 21.7 Å². The molecule has 0 aliphatic rings. The molecule has 7 heteroatoms. The molecule has 1 atom stereocenters. The lowest BCUT2D eigenvalue weighted by Crippen LogP contribution is -2.19. The molecule has 0 bridgehead atoms. The molecule has 2 rings (SSSR count). The van der Waals surface area contributed by atoms with Crippen LogP contribution >= 0.6 is 43.2 Å². The van der Waals surface area contributed by atoms with E-state index in [2.05, 4.69) is 53.6 Å². The molecule has 0 spiro atoms. The van der Waals surface area contributed by atoms with E-state index < -0.39 is 0 Å². The highest BCUT2D eigenvalue weighted by molar-refractivity contribution is 9.13. The van der Waals surface area contributed by atoms with Crippen molar-refractivity contribution in [2.75, 3.05) is 7.05 Å². The van der Waals surface area contributed by atoms with Crippen LogP contribution in [-0.4, -0.2) is 22.0 Å². The van der Waals surface area contributed by atoms with Gasteiger partial charge in [0, 0.05) is 16.4 Å². The van der Waals surface area contributed by atoms with Crippen LogP contribution in [0.3, 0.4) is 0 Å². The van der Waals surface area contributed by atoms with Gasteiger partial charge in [-0.25, -0.2) is 0 Å². The summed E-state index contributed by atoms with van der Waals surface area (Å²) in [6.07, 6.45) is 1.78. The smallest absolute Gasteiger partial charge is 0.0856 e. The molecule has 0 fully saturated rings. The third-order valence-corrected chi connectivity index (χ3v) is 5.60. The van der Waals surface area contributed by atoms with Crippen LogP contribution in [0.25, 0.3) is 0 Å². The van der Waals surface area contributed by atoms with Crippen LogP contribution in [0.1, 0.15) is 16.6 Å². The zero-order valence-corrected chi connectivity index (χ0v) is 12.7. The summed E-state index contributed by atoms with van der Waals surface area (Å²) in [4.78, 5) is 1.21. The van der Waals surface area contributed by atoms with Gasteiger partial charge in [-0.3, -0.25) is 4.68 Å². The summed E-state index contributed by atoms with van der Waals surface area (Å²) in [5, 5.41) is 11.1. The normalized spacial score (nSPS) is 13.0. The van der Waals surface area contributed by atoms with Crippen molar-refractivity contribution < 1.29 is 0 Å². The Balaban J connectivity index is 2.40. The molecule has 16 heavy (non-hydrogen) atoms.